The van der Waals surface area contributed by atoms with E-state index in [0.717, 1.165) is 32.4 Å². The van der Waals surface area contributed by atoms with Crippen molar-refractivity contribution in [2.75, 3.05) is 31.5 Å². The van der Waals surface area contributed by atoms with Crippen LogP contribution in [0.25, 0.3) is 0 Å². The van der Waals surface area contributed by atoms with Gasteiger partial charge >= 0.3 is 0 Å². The van der Waals surface area contributed by atoms with Crippen molar-refractivity contribution in [3.05, 3.63) is 29.0 Å². The summed E-state index contributed by atoms with van der Waals surface area (Å²) in [6.07, 6.45) is 3.21. The lowest BCUT2D eigenvalue weighted by Crippen LogP contribution is -2.70. The average Bonchev–Trinajstić information content (AvgIpc) is 3.32. The molecule has 2 unspecified atom stereocenters. The maximum atomic E-state index is 13.2. The highest BCUT2D eigenvalue weighted by molar-refractivity contribution is 6.31. The highest BCUT2D eigenvalue weighted by Crippen LogP contribution is 2.35. The third-order valence-electron chi connectivity index (χ3n) is 5.76. The fourth-order valence-corrected chi connectivity index (χ4v) is 4.17. The first-order valence-corrected chi connectivity index (χ1v) is 9.73. The molecule has 3 heterocycles. The van der Waals surface area contributed by atoms with Gasteiger partial charge in [0.1, 0.15) is 5.82 Å². The van der Waals surface area contributed by atoms with E-state index in [4.69, 9.17) is 11.6 Å². The van der Waals surface area contributed by atoms with Gasteiger partial charge in [-0.3, -0.25) is 19.4 Å². The van der Waals surface area contributed by atoms with Crippen molar-refractivity contribution < 1.29 is 14.0 Å². The molecular formula is C19H24ClFN4O2. The number of piperidine rings is 1. The summed E-state index contributed by atoms with van der Waals surface area (Å²) >= 11 is 5.74. The fourth-order valence-electron chi connectivity index (χ4n) is 3.99. The Balaban J connectivity index is 1.24. The molecule has 1 aromatic carbocycles. The van der Waals surface area contributed by atoms with Gasteiger partial charge < -0.3 is 10.6 Å². The maximum absolute atomic E-state index is 13.2. The number of piperazine rings is 1. The topological polar surface area (TPSA) is 64.7 Å². The van der Waals surface area contributed by atoms with Crippen molar-refractivity contribution >= 4 is 29.1 Å². The quantitative estimate of drug-likeness (QED) is 0.772. The summed E-state index contributed by atoms with van der Waals surface area (Å²) < 4.78 is 13.2. The van der Waals surface area contributed by atoms with Gasteiger partial charge in [0.25, 0.3) is 0 Å². The van der Waals surface area contributed by atoms with Crippen molar-refractivity contribution in [2.45, 2.75) is 43.8 Å². The predicted molar refractivity (Wildman–Crippen MR) is 101 cm³/mol. The summed E-state index contributed by atoms with van der Waals surface area (Å²) in [6.45, 7) is 4.35. The molecule has 5 rings (SSSR count). The zero-order valence-corrected chi connectivity index (χ0v) is 16.1. The van der Waals surface area contributed by atoms with Crippen LogP contribution >= 0.6 is 11.6 Å². The minimum Gasteiger partial charge on any atom is -0.350 e. The third-order valence-corrected chi connectivity index (χ3v) is 6.05. The predicted octanol–water partition coefficient (Wildman–Crippen LogP) is 1.84. The summed E-state index contributed by atoms with van der Waals surface area (Å²) in [5.41, 5.74) is 0.505. The van der Waals surface area contributed by atoms with Crippen molar-refractivity contribution in [2.24, 2.45) is 0 Å². The molecule has 3 aliphatic heterocycles. The van der Waals surface area contributed by atoms with E-state index in [-0.39, 0.29) is 28.9 Å². The summed E-state index contributed by atoms with van der Waals surface area (Å²) in [5, 5.41) is 5.84. The summed E-state index contributed by atoms with van der Waals surface area (Å²) in [7, 11) is 0. The van der Waals surface area contributed by atoms with Gasteiger partial charge in [-0.05, 0) is 44.4 Å². The van der Waals surface area contributed by atoms with Crippen molar-refractivity contribution in [3.8, 4) is 0 Å². The second-order valence-electron chi connectivity index (χ2n) is 8.20. The van der Waals surface area contributed by atoms with Gasteiger partial charge in [0.15, 0.2) is 0 Å². The number of amides is 2. The Morgan fingerprint density at radius 3 is 2.56 bits per heavy atom. The largest absolute Gasteiger partial charge is 0.350 e. The standard InChI is InChI=1S/C19H24ClFN4O2/c1-19(4-5-19)23-18(27)11-25-13-7-14(25)9-24(8-13)10-17(26)22-12-2-3-16(21)15(20)6-12/h2-3,6,13-14H,4-5,7-11H2,1H3,(H,22,26)(H,23,27). The number of carbonyl (C=O) groups is 2. The van der Waals surface area contributed by atoms with Crippen LogP contribution in [0.3, 0.4) is 0 Å². The van der Waals surface area contributed by atoms with E-state index < -0.39 is 5.82 Å². The second kappa shape index (κ2) is 7.04. The van der Waals surface area contributed by atoms with Crippen LogP contribution in [0.15, 0.2) is 18.2 Å². The third kappa shape index (κ3) is 4.25. The van der Waals surface area contributed by atoms with Gasteiger partial charge in [0.2, 0.25) is 11.8 Å². The van der Waals surface area contributed by atoms with Crippen molar-refractivity contribution in [1.29, 1.82) is 0 Å². The Morgan fingerprint density at radius 2 is 1.93 bits per heavy atom. The van der Waals surface area contributed by atoms with Crippen LogP contribution in [0, 0.1) is 5.82 Å². The lowest BCUT2D eigenvalue weighted by atomic mass is 9.87. The summed E-state index contributed by atoms with van der Waals surface area (Å²) in [6, 6.07) is 4.79. The molecule has 2 atom stereocenters. The molecule has 2 amide bonds. The molecule has 0 aromatic heterocycles. The number of hydrogen-bond acceptors (Lipinski definition) is 4. The van der Waals surface area contributed by atoms with E-state index in [1.165, 1.54) is 18.2 Å². The number of nitrogens with zero attached hydrogens (tertiary/aromatic N) is 2. The van der Waals surface area contributed by atoms with Crippen LogP contribution in [-0.2, 0) is 9.59 Å². The Bertz CT molecular complexity index is 758. The molecule has 3 saturated heterocycles. The smallest absolute Gasteiger partial charge is 0.238 e. The summed E-state index contributed by atoms with van der Waals surface area (Å²) in [4.78, 5) is 28.8. The highest BCUT2D eigenvalue weighted by atomic mass is 35.5. The summed E-state index contributed by atoms with van der Waals surface area (Å²) in [5.74, 6) is -0.556. The normalized spacial score (nSPS) is 26.2. The van der Waals surface area contributed by atoms with Crippen molar-refractivity contribution in [3.63, 3.8) is 0 Å². The van der Waals surface area contributed by atoms with Crippen LogP contribution in [0.5, 0.6) is 0 Å². The van der Waals surface area contributed by atoms with E-state index in [1.54, 1.807) is 0 Å². The molecule has 0 spiro atoms. The number of fused-ring (bicyclic) bond motifs is 2. The molecule has 2 N–H and O–H groups in total. The number of halogens is 2. The molecule has 4 aliphatic rings. The lowest BCUT2D eigenvalue weighted by molar-refractivity contribution is -0.134. The Labute approximate surface area is 163 Å². The maximum Gasteiger partial charge on any atom is 0.238 e. The SMILES string of the molecule is CC1(NC(=O)CN2C3CC2CN(CC(=O)Nc2ccc(F)c(Cl)c2)C3)CC1. The van der Waals surface area contributed by atoms with E-state index in [9.17, 15) is 14.0 Å². The van der Waals surface area contributed by atoms with E-state index in [0.29, 0.717) is 24.3 Å². The molecule has 6 nitrogen and oxygen atoms in total. The molecule has 8 heteroatoms. The van der Waals surface area contributed by atoms with Gasteiger partial charge in [-0.2, -0.15) is 0 Å². The van der Waals surface area contributed by atoms with E-state index >= 15 is 0 Å². The van der Waals surface area contributed by atoms with E-state index in [2.05, 4.69) is 27.4 Å². The highest BCUT2D eigenvalue weighted by Gasteiger charge is 2.46. The Morgan fingerprint density at radius 1 is 1.22 bits per heavy atom. The van der Waals surface area contributed by atoms with Gasteiger partial charge in [-0.15, -0.1) is 0 Å². The number of benzene rings is 1. The molecule has 4 fully saturated rings. The Hall–Kier alpha value is -1.70. The van der Waals surface area contributed by atoms with Crippen LogP contribution in [-0.4, -0.2) is 65.4 Å². The zero-order valence-electron chi connectivity index (χ0n) is 15.3. The lowest BCUT2D eigenvalue weighted by Gasteiger charge is -2.56. The van der Waals surface area contributed by atoms with Crippen LogP contribution in [0.2, 0.25) is 5.02 Å². The van der Waals surface area contributed by atoms with Crippen LogP contribution in [0.1, 0.15) is 26.2 Å². The van der Waals surface area contributed by atoms with Gasteiger partial charge in [-0.1, -0.05) is 11.6 Å². The monoisotopic (exact) mass is 394 g/mol. The number of rotatable bonds is 6. The number of anilines is 1. The minimum absolute atomic E-state index is 0.0130. The molecule has 2 bridgehead atoms. The number of nitrogens with one attached hydrogen (secondary N) is 2. The first-order chi connectivity index (χ1) is 12.8. The molecule has 27 heavy (non-hydrogen) atoms. The fraction of sp³-hybridized carbons (Fsp3) is 0.579. The van der Waals surface area contributed by atoms with Crippen LogP contribution < -0.4 is 10.6 Å². The number of hydrogen-bond donors (Lipinski definition) is 2. The molecule has 1 aromatic rings. The first-order valence-electron chi connectivity index (χ1n) is 9.35. The molecule has 1 saturated carbocycles. The van der Waals surface area contributed by atoms with Gasteiger partial charge in [-0.25, -0.2) is 4.39 Å². The van der Waals surface area contributed by atoms with Crippen molar-refractivity contribution in [1.82, 2.24) is 15.1 Å². The van der Waals surface area contributed by atoms with Gasteiger partial charge in [0, 0.05) is 36.4 Å². The minimum atomic E-state index is -0.509. The van der Waals surface area contributed by atoms with Crippen LogP contribution in [0.4, 0.5) is 10.1 Å². The Kier molecular flexibility index (Phi) is 4.86. The molecule has 1 aliphatic carbocycles. The average molecular weight is 395 g/mol. The number of carbonyl (C=O) groups excluding carboxylic acids is 2. The first kappa shape index (κ1) is 18.7. The van der Waals surface area contributed by atoms with Gasteiger partial charge in [0.05, 0.1) is 18.1 Å². The molecule has 146 valence electrons. The molecular weight excluding hydrogens is 371 g/mol. The second-order valence-corrected chi connectivity index (χ2v) is 8.60. The zero-order chi connectivity index (χ0) is 19.2. The molecule has 0 radical (unpaired) electrons. The van der Waals surface area contributed by atoms with E-state index in [1.807, 2.05) is 0 Å².